The fourth-order valence-electron chi connectivity index (χ4n) is 1.83. The van der Waals surface area contributed by atoms with E-state index in [0.717, 1.165) is 11.6 Å². The molecule has 0 aliphatic heterocycles. The zero-order chi connectivity index (χ0) is 15.6. The van der Waals surface area contributed by atoms with Crippen LogP contribution in [0.4, 0.5) is 11.4 Å². The Bertz CT molecular complexity index is 711. The van der Waals surface area contributed by atoms with Crippen LogP contribution in [0, 0.1) is 17.0 Å². The van der Waals surface area contributed by atoms with E-state index in [9.17, 15) is 20.0 Å². The lowest BCUT2D eigenvalue weighted by molar-refractivity contribution is -0.385. The lowest BCUT2D eigenvalue weighted by Gasteiger charge is -2.11. The second-order valence-corrected chi connectivity index (χ2v) is 4.72. The number of nitro benzene ring substituents is 1. The van der Waals surface area contributed by atoms with Gasteiger partial charge in [-0.3, -0.25) is 14.9 Å². The van der Waals surface area contributed by atoms with Crippen LogP contribution in [0.1, 0.15) is 15.9 Å². The summed E-state index contributed by atoms with van der Waals surface area (Å²) in [7, 11) is 0. The molecule has 0 saturated carbocycles. The number of amides is 1. The summed E-state index contributed by atoms with van der Waals surface area (Å²) in [4.78, 5) is 22.2. The minimum absolute atomic E-state index is 0.191. The van der Waals surface area contributed by atoms with Gasteiger partial charge in [0.2, 0.25) is 5.75 Å². The molecule has 0 aliphatic carbocycles. The Kier molecular flexibility index (Phi) is 4.09. The monoisotopic (exact) mass is 306 g/mol. The summed E-state index contributed by atoms with van der Waals surface area (Å²) < 4.78 is 0. The van der Waals surface area contributed by atoms with Gasteiger partial charge in [-0.2, -0.15) is 0 Å². The predicted octanol–water partition coefficient (Wildman–Crippen LogP) is 3.51. The number of benzene rings is 2. The van der Waals surface area contributed by atoms with Crippen molar-refractivity contribution < 1.29 is 14.8 Å². The summed E-state index contributed by atoms with van der Waals surface area (Å²) in [6.07, 6.45) is 0. The molecule has 0 fully saturated rings. The maximum atomic E-state index is 12.2. The number of phenolic OH excluding ortho intramolecular Hbond substituents is 1. The molecular weight excluding hydrogens is 296 g/mol. The molecule has 108 valence electrons. The van der Waals surface area contributed by atoms with Gasteiger partial charge < -0.3 is 10.4 Å². The van der Waals surface area contributed by atoms with E-state index in [4.69, 9.17) is 11.6 Å². The Morgan fingerprint density at radius 1 is 1.29 bits per heavy atom. The van der Waals surface area contributed by atoms with Gasteiger partial charge in [0.05, 0.1) is 21.2 Å². The standard InChI is InChI=1S/C14H11ClN2O4/c1-8-4-2-6-10(15)12(8)16-14(19)9-5-3-7-11(13(9)18)17(20)21/h2-7,18H,1H3,(H,16,19). The number of nitrogens with zero attached hydrogens (tertiary/aromatic N) is 1. The SMILES string of the molecule is Cc1cccc(Cl)c1NC(=O)c1cccc([N+](=O)[O-])c1O. The number of halogens is 1. The Balaban J connectivity index is 2.38. The maximum absolute atomic E-state index is 12.2. The third-order valence-corrected chi connectivity index (χ3v) is 3.23. The Labute approximate surface area is 125 Å². The first-order chi connectivity index (χ1) is 9.91. The second-order valence-electron chi connectivity index (χ2n) is 4.32. The van der Waals surface area contributed by atoms with Gasteiger partial charge in [-0.15, -0.1) is 0 Å². The van der Waals surface area contributed by atoms with Crippen molar-refractivity contribution in [3.05, 3.63) is 62.7 Å². The molecule has 0 bridgehead atoms. The highest BCUT2D eigenvalue weighted by atomic mass is 35.5. The average molecular weight is 307 g/mol. The number of anilines is 1. The van der Waals surface area contributed by atoms with Gasteiger partial charge in [0.25, 0.3) is 5.91 Å². The van der Waals surface area contributed by atoms with Crippen LogP contribution in [0.3, 0.4) is 0 Å². The van der Waals surface area contributed by atoms with Crippen molar-refractivity contribution in [2.24, 2.45) is 0 Å². The topological polar surface area (TPSA) is 92.5 Å². The first-order valence-electron chi connectivity index (χ1n) is 5.94. The molecule has 21 heavy (non-hydrogen) atoms. The van der Waals surface area contributed by atoms with Crippen LogP contribution >= 0.6 is 11.6 Å². The Morgan fingerprint density at radius 3 is 2.57 bits per heavy atom. The molecule has 1 amide bonds. The summed E-state index contributed by atoms with van der Waals surface area (Å²) in [5.41, 5.74) is 0.415. The number of phenols is 1. The average Bonchev–Trinajstić information content (AvgIpc) is 2.42. The molecule has 2 aromatic carbocycles. The lowest BCUT2D eigenvalue weighted by Crippen LogP contribution is -2.13. The minimum atomic E-state index is -0.757. The van der Waals surface area contributed by atoms with Gasteiger partial charge >= 0.3 is 5.69 Å². The zero-order valence-corrected chi connectivity index (χ0v) is 11.7. The van der Waals surface area contributed by atoms with Crippen molar-refractivity contribution in [3.63, 3.8) is 0 Å². The fraction of sp³-hybridized carbons (Fsp3) is 0.0714. The number of carbonyl (C=O) groups is 1. The summed E-state index contributed by atoms with van der Waals surface area (Å²) in [5, 5.41) is 23.5. The molecule has 0 saturated heterocycles. The smallest absolute Gasteiger partial charge is 0.311 e. The van der Waals surface area contributed by atoms with Crippen LogP contribution in [-0.2, 0) is 0 Å². The quantitative estimate of drug-likeness (QED) is 0.670. The lowest BCUT2D eigenvalue weighted by atomic mass is 10.1. The zero-order valence-electron chi connectivity index (χ0n) is 11.0. The van der Waals surface area contributed by atoms with E-state index < -0.39 is 22.3 Å². The number of hydrogen-bond acceptors (Lipinski definition) is 4. The third-order valence-electron chi connectivity index (χ3n) is 2.92. The molecule has 7 heteroatoms. The highest BCUT2D eigenvalue weighted by Crippen LogP contribution is 2.31. The number of aryl methyl sites for hydroxylation is 1. The van der Waals surface area contributed by atoms with E-state index in [0.29, 0.717) is 10.7 Å². The summed E-state index contributed by atoms with van der Waals surface area (Å²) in [5.74, 6) is -1.35. The molecule has 6 nitrogen and oxygen atoms in total. The third kappa shape index (κ3) is 2.95. The van der Waals surface area contributed by atoms with Gasteiger partial charge in [-0.1, -0.05) is 29.8 Å². The molecule has 0 aromatic heterocycles. The Hall–Kier alpha value is -2.60. The molecule has 0 atom stereocenters. The molecule has 0 unspecified atom stereocenters. The normalized spacial score (nSPS) is 10.2. The maximum Gasteiger partial charge on any atom is 0.311 e. The second kappa shape index (κ2) is 5.80. The fourth-order valence-corrected chi connectivity index (χ4v) is 2.10. The van der Waals surface area contributed by atoms with E-state index in [1.54, 1.807) is 25.1 Å². The van der Waals surface area contributed by atoms with E-state index in [2.05, 4.69) is 5.32 Å². The molecule has 0 spiro atoms. The molecule has 2 rings (SSSR count). The van der Waals surface area contributed by atoms with Crippen LogP contribution in [0.2, 0.25) is 5.02 Å². The summed E-state index contributed by atoms with van der Waals surface area (Å²) >= 11 is 6.00. The number of para-hydroxylation sites is 2. The molecule has 0 heterocycles. The van der Waals surface area contributed by atoms with Crippen LogP contribution < -0.4 is 5.32 Å². The number of rotatable bonds is 3. The molecule has 0 aliphatic rings. The van der Waals surface area contributed by atoms with Gasteiger partial charge in [0, 0.05) is 6.07 Å². The molecule has 0 radical (unpaired) electrons. The van der Waals surface area contributed by atoms with Crippen molar-refractivity contribution >= 4 is 28.9 Å². The van der Waals surface area contributed by atoms with Crippen molar-refractivity contribution in [1.82, 2.24) is 0 Å². The Morgan fingerprint density at radius 2 is 1.95 bits per heavy atom. The largest absolute Gasteiger partial charge is 0.502 e. The van der Waals surface area contributed by atoms with Crippen LogP contribution in [0.25, 0.3) is 0 Å². The van der Waals surface area contributed by atoms with Crippen molar-refractivity contribution in [2.45, 2.75) is 6.92 Å². The highest BCUT2D eigenvalue weighted by Gasteiger charge is 2.21. The number of nitro groups is 1. The van der Waals surface area contributed by atoms with Crippen LogP contribution in [0.5, 0.6) is 5.75 Å². The van der Waals surface area contributed by atoms with Crippen LogP contribution in [0.15, 0.2) is 36.4 Å². The van der Waals surface area contributed by atoms with E-state index in [-0.39, 0.29) is 5.56 Å². The summed E-state index contributed by atoms with van der Waals surface area (Å²) in [6.45, 7) is 1.76. The first-order valence-corrected chi connectivity index (χ1v) is 6.32. The van der Waals surface area contributed by atoms with E-state index >= 15 is 0 Å². The van der Waals surface area contributed by atoms with Gasteiger partial charge in [0.15, 0.2) is 0 Å². The number of hydrogen-bond donors (Lipinski definition) is 2. The highest BCUT2D eigenvalue weighted by molar-refractivity contribution is 6.34. The van der Waals surface area contributed by atoms with E-state index in [1.165, 1.54) is 12.1 Å². The van der Waals surface area contributed by atoms with Crippen molar-refractivity contribution in [3.8, 4) is 5.75 Å². The molecular formula is C14H11ClN2O4. The van der Waals surface area contributed by atoms with Gasteiger partial charge in [-0.25, -0.2) is 0 Å². The first kappa shape index (κ1) is 14.8. The predicted molar refractivity (Wildman–Crippen MR) is 78.9 cm³/mol. The minimum Gasteiger partial charge on any atom is -0.502 e. The van der Waals surface area contributed by atoms with Gasteiger partial charge in [-0.05, 0) is 24.6 Å². The number of aromatic hydroxyl groups is 1. The number of carbonyl (C=O) groups excluding carboxylic acids is 1. The molecule has 2 N–H and O–H groups in total. The van der Waals surface area contributed by atoms with Gasteiger partial charge in [0.1, 0.15) is 0 Å². The van der Waals surface area contributed by atoms with Crippen molar-refractivity contribution in [2.75, 3.05) is 5.32 Å². The van der Waals surface area contributed by atoms with E-state index in [1.807, 2.05) is 0 Å². The van der Waals surface area contributed by atoms with Crippen LogP contribution in [-0.4, -0.2) is 15.9 Å². The summed E-state index contributed by atoms with van der Waals surface area (Å²) in [6, 6.07) is 8.84. The number of nitrogens with one attached hydrogen (secondary N) is 1. The molecule has 2 aromatic rings. The van der Waals surface area contributed by atoms with Crippen molar-refractivity contribution in [1.29, 1.82) is 0 Å².